The monoisotopic (exact) mass is 336 g/mol. The molecule has 0 spiro atoms. The average molecular weight is 337 g/mol. The summed E-state index contributed by atoms with van der Waals surface area (Å²) in [6.07, 6.45) is 5.15. The summed E-state index contributed by atoms with van der Waals surface area (Å²) >= 11 is 0. The van der Waals surface area contributed by atoms with E-state index in [0.717, 1.165) is 5.92 Å². The zero-order valence-corrected chi connectivity index (χ0v) is 16.2. The fourth-order valence-electron chi connectivity index (χ4n) is 4.48. The van der Waals surface area contributed by atoms with Gasteiger partial charge >= 0.3 is 0 Å². The van der Waals surface area contributed by atoms with Gasteiger partial charge in [-0.05, 0) is 68.1 Å². The Morgan fingerprint density at radius 1 is 0.880 bits per heavy atom. The summed E-state index contributed by atoms with van der Waals surface area (Å²) in [6, 6.07) is 20.3. The van der Waals surface area contributed by atoms with E-state index in [1.165, 1.54) is 49.8 Å². The van der Waals surface area contributed by atoms with Crippen molar-refractivity contribution in [2.45, 2.75) is 45.4 Å². The first-order valence-electron chi connectivity index (χ1n) is 10.1. The smallest absolute Gasteiger partial charge is 0.0784 e. The summed E-state index contributed by atoms with van der Waals surface area (Å²) in [5.41, 5.74) is 4.70. The molecule has 0 aliphatic heterocycles. The van der Waals surface area contributed by atoms with Crippen LogP contribution in [0, 0.1) is 5.92 Å². The van der Waals surface area contributed by atoms with Crippen LogP contribution in [0.4, 0.5) is 0 Å². The van der Waals surface area contributed by atoms with E-state index in [9.17, 15) is 0 Å². The SMILES string of the molecule is CC[N+](C)(CC)CCCC(c1ccccc1)C1Cc2ccccc2C1. The van der Waals surface area contributed by atoms with Crippen molar-refractivity contribution < 1.29 is 4.48 Å². The van der Waals surface area contributed by atoms with Gasteiger partial charge in [0.1, 0.15) is 0 Å². The molecule has 1 nitrogen and oxygen atoms in total. The number of hydrogen-bond acceptors (Lipinski definition) is 0. The molecule has 1 unspecified atom stereocenters. The molecule has 2 aromatic rings. The second kappa shape index (κ2) is 8.19. The average Bonchev–Trinajstić information content (AvgIpc) is 3.09. The highest BCUT2D eigenvalue weighted by Crippen LogP contribution is 2.39. The van der Waals surface area contributed by atoms with E-state index in [0.29, 0.717) is 5.92 Å². The predicted octanol–water partition coefficient (Wildman–Crippen LogP) is 5.45. The number of rotatable bonds is 8. The molecule has 1 aliphatic carbocycles. The minimum Gasteiger partial charge on any atom is -0.327 e. The highest BCUT2D eigenvalue weighted by Gasteiger charge is 2.30. The molecule has 1 heteroatoms. The molecule has 2 aromatic carbocycles. The van der Waals surface area contributed by atoms with Crippen molar-refractivity contribution >= 4 is 0 Å². The van der Waals surface area contributed by atoms with Crippen LogP contribution in [0.25, 0.3) is 0 Å². The molecule has 0 bridgehead atoms. The maximum absolute atomic E-state index is 2.41. The van der Waals surface area contributed by atoms with Crippen LogP contribution in [-0.2, 0) is 12.8 Å². The van der Waals surface area contributed by atoms with Crippen LogP contribution < -0.4 is 0 Å². The van der Waals surface area contributed by atoms with Crippen LogP contribution >= 0.6 is 0 Å². The van der Waals surface area contributed by atoms with Gasteiger partial charge in [-0.1, -0.05) is 54.6 Å². The van der Waals surface area contributed by atoms with Gasteiger partial charge in [-0.15, -0.1) is 0 Å². The van der Waals surface area contributed by atoms with Gasteiger partial charge in [0, 0.05) is 0 Å². The lowest BCUT2D eigenvalue weighted by atomic mass is 9.81. The van der Waals surface area contributed by atoms with E-state index in [4.69, 9.17) is 0 Å². The van der Waals surface area contributed by atoms with Gasteiger partial charge in [0.15, 0.2) is 0 Å². The molecule has 25 heavy (non-hydrogen) atoms. The Morgan fingerprint density at radius 2 is 1.44 bits per heavy atom. The van der Waals surface area contributed by atoms with Crippen LogP contribution in [0.5, 0.6) is 0 Å². The van der Waals surface area contributed by atoms with Crippen LogP contribution in [0.3, 0.4) is 0 Å². The standard InChI is InChI=1S/C24H34N/c1-4-25(3,5-2)17-11-16-24(20-12-7-6-8-13-20)23-18-21-14-9-10-15-22(21)19-23/h6-10,12-15,23-24H,4-5,11,16-19H2,1-3H3/q+1. The van der Waals surface area contributed by atoms with Crippen LogP contribution in [0.15, 0.2) is 54.6 Å². The second-order valence-corrected chi connectivity index (χ2v) is 8.07. The van der Waals surface area contributed by atoms with Crippen molar-refractivity contribution in [1.29, 1.82) is 0 Å². The molecule has 3 rings (SSSR count). The lowest BCUT2D eigenvalue weighted by molar-refractivity contribution is -0.906. The summed E-state index contributed by atoms with van der Waals surface area (Å²) < 4.78 is 1.20. The highest BCUT2D eigenvalue weighted by molar-refractivity contribution is 5.34. The Hall–Kier alpha value is -1.60. The zero-order chi connectivity index (χ0) is 17.7. The fourth-order valence-corrected chi connectivity index (χ4v) is 4.48. The van der Waals surface area contributed by atoms with E-state index in [1.807, 2.05) is 0 Å². The van der Waals surface area contributed by atoms with E-state index in [2.05, 4.69) is 75.5 Å². The van der Waals surface area contributed by atoms with Crippen molar-refractivity contribution in [3.05, 3.63) is 71.3 Å². The molecule has 1 atom stereocenters. The molecule has 0 radical (unpaired) electrons. The molecule has 134 valence electrons. The Bertz CT molecular complexity index is 632. The maximum Gasteiger partial charge on any atom is 0.0784 e. The van der Waals surface area contributed by atoms with Gasteiger partial charge in [0.25, 0.3) is 0 Å². The minimum absolute atomic E-state index is 0.691. The van der Waals surface area contributed by atoms with E-state index in [-0.39, 0.29) is 0 Å². The Morgan fingerprint density at radius 3 is 2.00 bits per heavy atom. The predicted molar refractivity (Wildman–Crippen MR) is 108 cm³/mol. The van der Waals surface area contributed by atoms with E-state index in [1.54, 1.807) is 16.7 Å². The zero-order valence-electron chi connectivity index (χ0n) is 16.2. The summed E-state index contributed by atoms with van der Waals surface area (Å²) in [4.78, 5) is 0. The number of hydrogen-bond donors (Lipinski definition) is 0. The summed E-state index contributed by atoms with van der Waals surface area (Å²) in [7, 11) is 2.41. The third-order valence-electron chi connectivity index (χ3n) is 6.62. The normalized spacial score (nSPS) is 16.0. The molecule has 0 amide bonds. The van der Waals surface area contributed by atoms with Crippen LogP contribution in [0.2, 0.25) is 0 Å². The van der Waals surface area contributed by atoms with E-state index >= 15 is 0 Å². The molecular formula is C24H34N+. The topological polar surface area (TPSA) is 0 Å². The molecule has 0 saturated carbocycles. The Labute approximate surface area is 154 Å². The van der Waals surface area contributed by atoms with Gasteiger partial charge < -0.3 is 4.48 Å². The molecule has 0 saturated heterocycles. The lowest BCUT2D eigenvalue weighted by Gasteiger charge is -2.33. The first kappa shape index (κ1) is 18.2. The number of fused-ring (bicyclic) bond motifs is 1. The third kappa shape index (κ3) is 4.33. The summed E-state index contributed by atoms with van der Waals surface area (Å²) in [5, 5.41) is 0. The number of quaternary nitrogens is 1. The molecule has 0 aromatic heterocycles. The minimum atomic E-state index is 0.691. The second-order valence-electron chi connectivity index (χ2n) is 8.07. The van der Waals surface area contributed by atoms with Crippen molar-refractivity contribution in [1.82, 2.24) is 0 Å². The molecular weight excluding hydrogens is 302 g/mol. The Kier molecular flexibility index (Phi) is 5.96. The highest BCUT2D eigenvalue weighted by atomic mass is 15.3. The van der Waals surface area contributed by atoms with Crippen LogP contribution in [0.1, 0.15) is 49.3 Å². The fraction of sp³-hybridized carbons (Fsp3) is 0.500. The number of nitrogens with zero attached hydrogens (tertiary/aromatic N) is 1. The van der Waals surface area contributed by atoms with Crippen LogP contribution in [-0.4, -0.2) is 31.2 Å². The van der Waals surface area contributed by atoms with E-state index < -0.39 is 0 Å². The molecule has 0 N–H and O–H groups in total. The van der Waals surface area contributed by atoms with Gasteiger partial charge in [-0.25, -0.2) is 0 Å². The molecule has 1 aliphatic rings. The number of benzene rings is 2. The molecule has 0 fully saturated rings. The lowest BCUT2D eigenvalue weighted by Crippen LogP contribution is -2.44. The van der Waals surface area contributed by atoms with Crippen molar-refractivity contribution in [2.75, 3.05) is 26.7 Å². The largest absolute Gasteiger partial charge is 0.327 e. The van der Waals surface area contributed by atoms with Gasteiger partial charge in [0.05, 0.1) is 26.7 Å². The van der Waals surface area contributed by atoms with Gasteiger partial charge in [-0.2, -0.15) is 0 Å². The third-order valence-corrected chi connectivity index (χ3v) is 6.62. The first-order valence-corrected chi connectivity index (χ1v) is 10.1. The summed E-state index contributed by atoms with van der Waals surface area (Å²) in [5.74, 6) is 1.46. The van der Waals surface area contributed by atoms with Crippen molar-refractivity contribution in [3.8, 4) is 0 Å². The van der Waals surface area contributed by atoms with Gasteiger partial charge in [0.2, 0.25) is 0 Å². The first-order chi connectivity index (χ1) is 12.1. The Balaban J connectivity index is 1.71. The quantitative estimate of drug-likeness (QED) is 0.562. The summed E-state index contributed by atoms with van der Waals surface area (Å²) in [6.45, 7) is 8.43. The maximum atomic E-state index is 2.41. The molecule has 0 heterocycles. The van der Waals surface area contributed by atoms with Gasteiger partial charge in [-0.3, -0.25) is 0 Å². The van der Waals surface area contributed by atoms with Crippen molar-refractivity contribution in [3.63, 3.8) is 0 Å². The van der Waals surface area contributed by atoms with Crippen molar-refractivity contribution in [2.24, 2.45) is 5.92 Å².